The van der Waals surface area contributed by atoms with E-state index in [0.717, 1.165) is 6.07 Å². The van der Waals surface area contributed by atoms with Crippen LogP contribution in [0.3, 0.4) is 0 Å². The summed E-state index contributed by atoms with van der Waals surface area (Å²) in [5.41, 5.74) is -5.77. The molecular weight excluding hydrogens is 381 g/mol. The predicted molar refractivity (Wildman–Crippen MR) is 94.8 cm³/mol. The van der Waals surface area contributed by atoms with Crippen molar-refractivity contribution in [1.82, 2.24) is 0 Å². The minimum Gasteiger partial charge on any atom is -0.455 e. The maximum atomic E-state index is 12.8. The number of para-hydroxylation sites is 1. The fourth-order valence-electron chi connectivity index (χ4n) is 2.63. The van der Waals surface area contributed by atoms with E-state index in [1.165, 1.54) is 30.3 Å². The van der Waals surface area contributed by atoms with Crippen molar-refractivity contribution in [3.8, 4) is 16.9 Å². The molecule has 4 aromatic rings. The average molecular weight is 397 g/mol. The number of hydrogen-bond donors (Lipinski definition) is 0. The van der Waals surface area contributed by atoms with E-state index in [9.17, 15) is 21.6 Å². The van der Waals surface area contributed by atoms with Gasteiger partial charge < -0.3 is 8.60 Å². The second-order valence-electron chi connectivity index (χ2n) is 5.40. The Kier molecular flexibility index (Phi) is 2.76. The van der Waals surface area contributed by atoms with Crippen LogP contribution in [-0.4, -0.2) is 13.9 Å². The Labute approximate surface area is 158 Å². The van der Waals surface area contributed by atoms with Crippen molar-refractivity contribution in [2.75, 3.05) is 0 Å². The zero-order valence-corrected chi connectivity index (χ0v) is 14.0. The molecule has 0 aliphatic carbocycles. The Morgan fingerprint density at radius 2 is 1.70 bits per heavy atom. The number of alkyl halides is 3. The molecule has 8 heteroatoms. The minimum absolute atomic E-state index is 0.0125. The smallest absolute Gasteiger partial charge is 0.455 e. The van der Waals surface area contributed by atoms with Crippen molar-refractivity contribution in [1.29, 1.82) is 0 Å². The van der Waals surface area contributed by atoms with Crippen LogP contribution in [0.5, 0.6) is 5.75 Å². The molecule has 0 spiro atoms. The van der Waals surface area contributed by atoms with Crippen LogP contribution in [0.15, 0.2) is 71.0 Å². The molecule has 0 unspecified atom stereocenters. The van der Waals surface area contributed by atoms with Crippen molar-refractivity contribution >= 4 is 32.1 Å². The molecule has 138 valence electrons. The number of furan rings is 1. The third-order valence-electron chi connectivity index (χ3n) is 3.74. The van der Waals surface area contributed by atoms with Crippen molar-refractivity contribution in [2.45, 2.75) is 5.51 Å². The van der Waals surface area contributed by atoms with E-state index in [2.05, 4.69) is 4.18 Å². The van der Waals surface area contributed by atoms with Gasteiger partial charge in [-0.05, 0) is 17.7 Å². The first kappa shape index (κ1) is 12.4. The number of rotatable bonds is 3. The Hall–Kier alpha value is -3.00. The molecule has 0 N–H and O–H groups in total. The van der Waals surface area contributed by atoms with Gasteiger partial charge in [0, 0.05) is 10.9 Å². The summed E-state index contributed by atoms with van der Waals surface area (Å²) in [5.74, 6) is -0.628. The molecule has 1 heterocycles. The summed E-state index contributed by atoms with van der Waals surface area (Å²) in [6.45, 7) is 0. The van der Waals surface area contributed by atoms with E-state index in [1.807, 2.05) is 0 Å². The first-order valence-corrected chi connectivity index (χ1v) is 8.78. The lowest BCUT2D eigenvalue weighted by molar-refractivity contribution is -0.0499. The van der Waals surface area contributed by atoms with Crippen LogP contribution in [0.1, 0.15) is 6.85 Å². The summed E-state index contributed by atoms with van der Waals surface area (Å²) in [5, 5.41) is 0.0572. The van der Waals surface area contributed by atoms with E-state index < -0.39 is 51.6 Å². The largest absolute Gasteiger partial charge is 0.534 e. The van der Waals surface area contributed by atoms with Crippen molar-refractivity contribution < 1.29 is 37.0 Å². The Balaban J connectivity index is 2.04. The van der Waals surface area contributed by atoms with Gasteiger partial charge in [0.1, 0.15) is 11.2 Å². The molecule has 0 saturated heterocycles. The van der Waals surface area contributed by atoms with Gasteiger partial charge in [0.2, 0.25) is 0 Å². The van der Waals surface area contributed by atoms with E-state index in [-0.39, 0.29) is 33.1 Å². The molecule has 0 saturated carbocycles. The number of fused-ring (bicyclic) bond motifs is 3. The fourth-order valence-corrected chi connectivity index (χ4v) is 3.10. The molecule has 0 bridgehead atoms. The molecule has 0 atom stereocenters. The average Bonchev–Trinajstić information content (AvgIpc) is 3.10. The standard InChI is InChI=1S/C19H11F3O4S/c20-19(21,22)27(23,24)26-16-11-5-10-15-17(16)14-9-4-8-13(18(14)25-15)12-6-2-1-3-7-12/h1-11H/i1D,2D,3D,6D,7D. The highest BCUT2D eigenvalue weighted by Crippen LogP contribution is 2.41. The Morgan fingerprint density at radius 1 is 1.00 bits per heavy atom. The van der Waals surface area contributed by atoms with E-state index in [1.54, 1.807) is 0 Å². The highest BCUT2D eigenvalue weighted by Gasteiger charge is 2.48. The highest BCUT2D eigenvalue weighted by atomic mass is 32.2. The molecule has 27 heavy (non-hydrogen) atoms. The summed E-state index contributed by atoms with van der Waals surface area (Å²) in [6, 6.07) is 5.17. The highest BCUT2D eigenvalue weighted by molar-refractivity contribution is 7.88. The normalized spacial score (nSPS) is 15.1. The topological polar surface area (TPSA) is 56.5 Å². The van der Waals surface area contributed by atoms with Crippen LogP contribution in [0.25, 0.3) is 33.1 Å². The van der Waals surface area contributed by atoms with Crippen molar-refractivity contribution in [3.05, 3.63) is 66.6 Å². The molecule has 4 rings (SSSR count). The van der Waals surface area contributed by atoms with Crippen LogP contribution in [0.2, 0.25) is 0 Å². The summed E-state index contributed by atoms with van der Waals surface area (Å²) in [6.07, 6.45) is 0. The van der Waals surface area contributed by atoms with Gasteiger partial charge in [0.25, 0.3) is 0 Å². The Bertz CT molecular complexity index is 1480. The second kappa shape index (κ2) is 6.02. The van der Waals surface area contributed by atoms with E-state index >= 15 is 0 Å². The summed E-state index contributed by atoms with van der Waals surface area (Å²) in [7, 11) is -5.95. The minimum atomic E-state index is -5.95. The lowest BCUT2D eigenvalue weighted by atomic mass is 10.0. The predicted octanol–water partition coefficient (Wildman–Crippen LogP) is 5.48. The Morgan fingerprint density at radius 3 is 2.41 bits per heavy atom. The third-order valence-corrected chi connectivity index (χ3v) is 4.70. The van der Waals surface area contributed by atoms with Gasteiger partial charge in [-0.1, -0.05) is 54.5 Å². The summed E-state index contributed by atoms with van der Waals surface area (Å²) < 4.78 is 111. The molecular formula is C19H11F3O4S. The van der Waals surface area contributed by atoms with Crippen LogP contribution >= 0.6 is 0 Å². The lowest BCUT2D eigenvalue weighted by Gasteiger charge is -2.10. The molecule has 0 aliphatic rings. The monoisotopic (exact) mass is 397 g/mol. The fraction of sp³-hybridized carbons (Fsp3) is 0.0526. The summed E-state index contributed by atoms with van der Waals surface area (Å²) >= 11 is 0. The quantitative estimate of drug-likeness (QED) is 0.339. The second-order valence-corrected chi connectivity index (χ2v) is 6.93. The van der Waals surface area contributed by atoms with Crippen LogP contribution in [-0.2, 0) is 10.1 Å². The first-order chi connectivity index (χ1) is 14.8. The van der Waals surface area contributed by atoms with Gasteiger partial charge in [0.15, 0.2) is 5.75 Å². The number of halogens is 3. The third kappa shape index (κ3) is 2.91. The number of benzene rings is 3. The zero-order valence-electron chi connectivity index (χ0n) is 18.1. The van der Waals surface area contributed by atoms with Gasteiger partial charge in [-0.3, -0.25) is 0 Å². The first-order valence-electron chi connectivity index (χ1n) is 9.87. The molecule has 1 aromatic heterocycles. The van der Waals surface area contributed by atoms with Gasteiger partial charge >= 0.3 is 15.6 Å². The van der Waals surface area contributed by atoms with Crippen LogP contribution in [0, 0.1) is 0 Å². The van der Waals surface area contributed by atoms with E-state index in [0.29, 0.717) is 0 Å². The SMILES string of the molecule is [2H]c1c([2H])c([2H])c(-c2cccc3c2oc2cccc(OS(=O)(=O)C(F)(F)F)c23)c([2H])c1[2H]. The lowest BCUT2D eigenvalue weighted by Crippen LogP contribution is -2.28. The van der Waals surface area contributed by atoms with Crippen molar-refractivity contribution in [3.63, 3.8) is 0 Å². The zero-order chi connectivity index (χ0) is 23.6. The number of hydrogen-bond acceptors (Lipinski definition) is 4. The maximum absolute atomic E-state index is 12.8. The molecule has 0 aliphatic heterocycles. The van der Waals surface area contributed by atoms with Gasteiger partial charge in [-0.25, -0.2) is 0 Å². The van der Waals surface area contributed by atoms with E-state index in [4.69, 9.17) is 11.3 Å². The molecule has 0 fully saturated rings. The molecule has 3 aromatic carbocycles. The van der Waals surface area contributed by atoms with Crippen molar-refractivity contribution in [2.24, 2.45) is 0 Å². The maximum Gasteiger partial charge on any atom is 0.534 e. The van der Waals surface area contributed by atoms with Crippen LogP contribution in [0.4, 0.5) is 13.2 Å². The summed E-state index contributed by atoms with van der Waals surface area (Å²) in [4.78, 5) is 0. The molecule has 0 amide bonds. The van der Waals surface area contributed by atoms with Crippen LogP contribution < -0.4 is 4.18 Å². The van der Waals surface area contributed by atoms with Gasteiger partial charge in [-0.2, -0.15) is 21.6 Å². The molecule has 0 radical (unpaired) electrons. The van der Waals surface area contributed by atoms with Gasteiger partial charge in [-0.15, -0.1) is 0 Å². The van der Waals surface area contributed by atoms with Gasteiger partial charge in [0.05, 0.1) is 12.2 Å². The molecule has 4 nitrogen and oxygen atoms in total.